The van der Waals surface area contributed by atoms with Crippen molar-refractivity contribution in [2.75, 3.05) is 0 Å². The smallest absolute Gasteiger partial charge is 0.134 e. The molecule has 0 radical (unpaired) electrons. The second-order valence-electron chi connectivity index (χ2n) is 10.2. The van der Waals surface area contributed by atoms with Crippen LogP contribution < -0.4 is 0 Å². The van der Waals surface area contributed by atoms with Crippen molar-refractivity contribution in [2.45, 2.75) is 33.7 Å². The van der Waals surface area contributed by atoms with E-state index >= 15 is 0 Å². The van der Waals surface area contributed by atoms with E-state index < -0.39 is 0 Å². The molecule has 0 atom stereocenters. The fourth-order valence-electron chi connectivity index (χ4n) is 5.04. The molecule has 7 heteroatoms. The quantitative estimate of drug-likeness (QED) is 0.134. The van der Waals surface area contributed by atoms with Crippen LogP contribution in [-0.4, -0.2) is 4.57 Å². The van der Waals surface area contributed by atoms with E-state index in [2.05, 4.69) is 47.9 Å². The van der Waals surface area contributed by atoms with Gasteiger partial charge < -0.3 is 13.4 Å². The van der Waals surface area contributed by atoms with Gasteiger partial charge in [-0.25, -0.2) is 0 Å². The number of aromatic nitrogens is 1. The Morgan fingerprint density at radius 3 is 1.48 bits per heavy atom. The standard InChI is InChI=1S/C37H27N5O2/c1-4-17-42-34-18-26(36-15-11-30(43-36)9-5-24(2)28(20-38)21-39)7-13-32(34)33-14-8-27(19-35(33)42)37-16-12-31(44-37)10-6-25(3)29(22-40)23-41/h5-16,18-19H,4,17H2,1-3H3/b9-5+,10-6+. The molecule has 0 amide bonds. The topological polar surface area (TPSA) is 126 Å². The molecule has 212 valence electrons. The van der Waals surface area contributed by atoms with Gasteiger partial charge in [-0.15, -0.1) is 0 Å². The third-order valence-electron chi connectivity index (χ3n) is 7.37. The van der Waals surface area contributed by atoms with Gasteiger partial charge in [0.1, 0.15) is 58.5 Å². The van der Waals surface area contributed by atoms with Gasteiger partial charge in [-0.1, -0.05) is 43.3 Å². The van der Waals surface area contributed by atoms with Crippen molar-refractivity contribution in [3.63, 3.8) is 0 Å². The van der Waals surface area contributed by atoms with E-state index in [0.29, 0.717) is 22.7 Å². The number of rotatable bonds is 8. The summed E-state index contributed by atoms with van der Waals surface area (Å²) in [5.41, 5.74) is 5.41. The van der Waals surface area contributed by atoms with Crippen molar-refractivity contribution >= 4 is 34.0 Å². The SMILES string of the molecule is CCCn1c2cc(-c3ccc(/C=C/C(C)=C(C#N)C#N)o3)ccc2c2ccc(-c3ccc(/C=C/C(C)=C(C#N)C#N)o3)cc21. The molecular weight excluding hydrogens is 546 g/mol. The van der Waals surface area contributed by atoms with Gasteiger partial charge in [-0.2, -0.15) is 21.0 Å². The zero-order chi connectivity index (χ0) is 31.2. The Hall–Kier alpha value is -6.28. The van der Waals surface area contributed by atoms with Gasteiger partial charge >= 0.3 is 0 Å². The summed E-state index contributed by atoms with van der Waals surface area (Å²) in [6.45, 7) is 6.43. The summed E-state index contributed by atoms with van der Waals surface area (Å²) < 4.78 is 14.5. The maximum Gasteiger partial charge on any atom is 0.134 e. The highest BCUT2D eigenvalue weighted by atomic mass is 16.3. The zero-order valence-corrected chi connectivity index (χ0v) is 24.5. The minimum Gasteiger partial charge on any atom is -0.457 e. The molecule has 3 aromatic heterocycles. The molecule has 44 heavy (non-hydrogen) atoms. The highest BCUT2D eigenvalue weighted by Crippen LogP contribution is 2.36. The van der Waals surface area contributed by atoms with Crippen LogP contribution in [0.5, 0.6) is 0 Å². The number of aryl methyl sites for hydroxylation is 1. The van der Waals surface area contributed by atoms with Crippen LogP contribution in [0.4, 0.5) is 0 Å². The highest BCUT2D eigenvalue weighted by Gasteiger charge is 2.15. The summed E-state index contributed by atoms with van der Waals surface area (Å²) in [5.74, 6) is 2.70. The third-order valence-corrected chi connectivity index (χ3v) is 7.37. The van der Waals surface area contributed by atoms with E-state index in [1.54, 1.807) is 38.2 Å². The lowest BCUT2D eigenvalue weighted by Gasteiger charge is -2.07. The summed E-state index contributed by atoms with van der Waals surface area (Å²) >= 11 is 0. The van der Waals surface area contributed by atoms with Crippen LogP contribution in [0.15, 0.2) is 104 Å². The van der Waals surface area contributed by atoms with Crippen LogP contribution in [-0.2, 0) is 6.54 Å². The first kappa shape index (κ1) is 29.2. The Kier molecular flexibility index (Phi) is 8.44. The van der Waals surface area contributed by atoms with E-state index in [4.69, 9.17) is 29.9 Å². The van der Waals surface area contributed by atoms with Gasteiger partial charge in [-0.3, -0.25) is 0 Å². The molecule has 5 aromatic rings. The maximum atomic E-state index is 9.07. The van der Waals surface area contributed by atoms with E-state index in [1.165, 1.54) is 0 Å². The van der Waals surface area contributed by atoms with Gasteiger partial charge in [0.25, 0.3) is 0 Å². The minimum atomic E-state index is 0.0735. The molecule has 0 fully saturated rings. The number of nitriles is 4. The molecule has 0 aliphatic rings. The van der Waals surface area contributed by atoms with Gasteiger partial charge in [-0.05, 0) is 80.0 Å². The van der Waals surface area contributed by atoms with E-state index in [-0.39, 0.29) is 11.1 Å². The van der Waals surface area contributed by atoms with Crippen molar-refractivity contribution in [2.24, 2.45) is 0 Å². The average Bonchev–Trinajstić information content (AvgIpc) is 3.78. The maximum absolute atomic E-state index is 9.07. The summed E-state index contributed by atoms with van der Waals surface area (Å²) in [7, 11) is 0. The molecule has 5 rings (SSSR count). The second kappa shape index (κ2) is 12.7. The number of benzene rings is 2. The lowest BCUT2D eigenvalue weighted by Crippen LogP contribution is -1.96. The zero-order valence-electron chi connectivity index (χ0n) is 24.5. The highest BCUT2D eigenvalue weighted by molar-refractivity contribution is 6.09. The van der Waals surface area contributed by atoms with Crippen LogP contribution in [0.2, 0.25) is 0 Å². The monoisotopic (exact) mass is 573 g/mol. The predicted molar refractivity (Wildman–Crippen MR) is 171 cm³/mol. The third kappa shape index (κ3) is 5.73. The van der Waals surface area contributed by atoms with E-state index in [9.17, 15) is 0 Å². The molecule has 3 heterocycles. The number of fused-ring (bicyclic) bond motifs is 3. The molecular formula is C37H27N5O2. The van der Waals surface area contributed by atoms with Gasteiger partial charge in [0.05, 0.1) is 0 Å². The van der Waals surface area contributed by atoms with Crippen LogP contribution in [0.3, 0.4) is 0 Å². The van der Waals surface area contributed by atoms with Crippen LogP contribution in [0.1, 0.15) is 38.7 Å². The second-order valence-corrected chi connectivity index (χ2v) is 10.2. The average molecular weight is 574 g/mol. The fourth-order valence-corrected chi connectivity index (χ4v) is 5.04. The van der Waals surface area contributed by atoms with Gasteiger partial charge in [0.15, 0.2) is 0 Å². The van der Waals surface area contributed by atoms with Crippen LogP contribution in [0, 0.1) is 45.3 Å². The molecule has 0 saturated heterocycles. The molecule has 2 aromatic carbocycles. The molecule has 0 aliphatic carbocycles. The molecule has 0 N–H and O–H groups in total. The van der Waals surface area contributed by atoms with Crippen LogP contribution >= 0.6 is 0 Å². The van der Waals surface area contributed by atoms with Gasteiger partial charge in [0.2, 0.25) is 0 Å². The molecule has 0 saturated carbocycles. The first-order valence-electron chi connectivity index (χ1n) is 14.1. The number of hydrogen-bond donors (Lipinski definition) is 0. The number of nitrogens with zero attached hydrogens (tertiary/aromatic N) is 5. The number of furan rings is 2. The van der Waals surface area contributed by atoms with Gasteiger partial charge in [0, 0.05) is 39.5 Å². The Bertz CT molecular complexity index is 2020. The Morgan fingerprint density at radius 2 is 1.09 bits per heavy atom. The summed E-state index contributed by atoms with van der Waals surface area (Å²) in [4.78, 5) is 0. The van der Waals surface area contributed by atoms with Crippen molar-refractivity contribution in [3.05, 3.63) is 107 Å². The Balaban J connectivity index is 1.50. The van der Waals surface area contributed by atoms with Crippen molar-refractivity contribution in [1.29, 1.82) is 21.0 Å². The van der Waals surface area contributed by atoms with Crippen LogP contribution in [0.25, 0.3) is 56.6 Å². The summed E-state index contributed by atoms with van der Waals surface area (Å²) in [5, 5.41) is 38.6. The Morgan fingerprint density at radius 1 is 0.659 bits per heavy atom. The van der Waals surface area contributed by atoms with E-state index in [0.717, 1.165) is 57.4 Å². The lowest BCUT2D eigenvalue weighted by atomic mass is 10.1. The predicted octanol–water partition coefficient (Wildman–Crippen LogP) is 9.48. The first-order chi connectivity index (χ1) is 21.4. The Labute approximate surface area is 255 Å². The summed E-state index contributed by atoms with van der Waals surface area (Å²) in [6.07, 6.45) is 7.88. The summed E-state index contributed by atoms with van der Waals surface area (Å²) in [6, 6.07) is 27.8. The number of allylic oxidation sites excluding steroid dienone is 6. The fraction of sp³-hybridized carbons (Fsp3) is 0.135. The molecule has 0 aliphatic heterocycles. The molecule has 0 bridgehead atoms. The van der Waals surface area contributed by atoms with Crippen molar-refractivity contribution in [3.8, 4) is 46.9 Å². The minimum absolute atomic E-state index is 0.0735. The lowest BCUT2D eigenvalue weighted by molar-refractivity contribution is 0.571. The normalized spacial score (nSPS) is 11.0. The van der Waals surface area contributed by atoms with E-state index in [1.807, 2.05) is 48.5 Å². The van der Waals surface area contributed by atoms with Crippen molar-refractivity contribution in [1.82, 2.24) is 4.57 Å². The molecule has 7 nitrogen and oxygen atoms in total. The molecule has 0 spiro atoms. The first-order valence-corrected chi connectivity index (χ1v) is 14.1. The largest absolute Gasteiger partial charge is 0.457 e. The molecule has 0 unspecified atom stereocenters. The van der Waals surface area contributed by atoms with Crippen molar-refractivity contribution < 1.29 is 8.83 Å². The number of hydrogen-bond acceptors (Lipinski definition) is 6.